The van der Waals surface area contributed by atoms with E-state index < -0.39 is 11.7 Å². The Bertz CT molecular complexity index is 671. The molecule has 0 unspecified atom stereocenters. The summed E-state index contributed by atoms with van der Waals surface area (Å²) in [5, 5.41) is 2.72. The summed E-state index contributed by atoms with van der Waals surface area (Å²) in [6.07, 6.45) is 0. The molecule has 3 N–H and O–H groups in total. The Morgan fingerprint density at radius 3 is 2.65 bits per heavy atom. The Morgan fingerprint density at radius 1 is 1.30 bits per heavy atom. The fraction of sp³-hybridized carbons (Fsp3) is 0. The zero-order valence-electron chi connectivity index (χ0n) is 9.88. The van der Waals surface area contributed by atoms with Gasteiger partial charge in [0.25, 0.3) is 5.91 Å². The Kier molecular flexibility index (Phi) is 4.67. The van der Waals surface area contributed by atoms with Gasteiger partial charge in [-0.1, -0.05) is 17.7 Å². The molecule has 0 atom stereocenters. The summed E-state index contributed by atoms with van der Waals surface area (Å²) in [5.74, 6) is -0.900. The monoisotopic (exact) mass is 420 g/mol. The molecule has 0 radical (unpaired) electrons. The molecule has 0 aliphatic carbocycles. The molecule has 2 aromatic rings. The first-order valence-electron chi connectivity index (χ1n) is 5.40. The van der Waals surface area contributed by atoms with Crippen molar-refractivity contribution in [3.8, 4) is 0 Å². The predicted molar refractivity (Wildman–Crippen MR) is 85.6 cm³/mol. The minimum atomic E-state index is -0.495. The number of anilines is 2. The molecule has 3 nitrogen and oxygen atoms in total. The van der Waals surface area contributed by atoms with E-state index in [1.54, 1.807) is 18.2 Å². The molecule has 0 bridgehead atoms. The number of amides is 1. The van der Waals surface area contributed by atoms with Crippen LogP contribution in [0.4, 0.5) is 15.8 Å². The first-order valence-corrected chi connectivity index (χ1v) is 7.36. The molecule has 0 aliphatic heterocycles. The zero-order valence-corrected chi connectivity index (χ0v) is 13.8. The van der Waals surface area contributed by atoms with Crippen LogP contribution in [0.5, 0.6) is 0 Å². The fourth-order valence-electron chi connectivity index (χ4n) is 1.57. The van der Waals surface area contributed by atoms with Gasteiger partial charge in [0.2, 0.25) is 0 Å². The van der Waals surface area contributed by atoms with Crippen LogP contribution in [0.25, 0.3) is 0 Å². The standard InChI is InChI=1S/C13H8Br2ClFN2O/c14-8-4-6(17)5-9(16)12(8)19-13(20)7-2-1-3-10(18)11(7)15/h1-5H,18H2,(H,19,20). The second kappa shape index (κ2) is 6.11. The molecule has 0 saturated heterocycles. The lowest BCUT2D eigenvalue weighted by atomic mass is 10.2. The molecule has 104 valence electrons. The molecule has 0 aliphatic rings. The SMILES string of the molecule is Nc1cccc(C(=O)Nc2c(Cl)cc(F)cc2Br)c1Br. The number of carbonyl (C=O) groups is 1. The lowest BCUT2D eigenvalue weighted by molar-refractivity contribution is 0.102. The molecule has 2 aromatic carbocycles. The van der Waals surface area contributed by atoms with Crippen LogP contribution in [-0.2, 0) is 0 Å². The molecule has 0 heterocycles. The number of benzene rings is 2. The molecule has 1 amide bonds. The number of hydrogen-bond acceptors (Lipinski definition) is 2. The van der Waals surface area contributed by atoms with Gasteiger partial charge in [-0.05, 0) is 56.1 Å². The van der Waals surface area contributed by atoms with E-state index >= 15 is 0 Å². The van der Waals surface area contributed by atoms with Gasteiger partial charge in [0.15, 0.2) is 0 Å². The van der Waals surface area contributed by atoms with Gasteiger partial charge in [0.1, 0.15) is 5.82 Å². The van der Waals surface area contributed by atoms with E-state index in [0.717, 1.165) is 6.07 Å². The highest BCUT2D eigenvalue weighted by molar-refractivity contribution is 9.11. The maximum atomic E-state index is 13.1. The second-order valence-corrected chi connectivity index (χ2v) is 5.96. The van der Waals surface area contributed by atoms with Crippen LogP contribution in [0, 0.1) is 5.82 Å². The average molecular weight is 422 g/mol. The summed E-state index contributed by atoms with van der Waals surface area (Å²) < 4.78 is 14.0. The normalized spacial score (nSPS) is 10.4. The average Bonchev–Trinajstić information content (AvgIpc) is 2.36. The summed E-state index contributed by atoms with van der Waals surface area (Å²) in [6.45, 7) is 0. The van der Waals surface area contributed by atoms with E-state index in [2.05, 4.69) is 37.2 Å². The Morgan fingerprint density at radius 2 is 2.00 bits per heavy atom. The molecule has 0 spiro atoms. The van der Waals surface area contributed by atoms with Crippen LogP contribution in [0.2, 0.25) is 5.02 Å². The quantitative estimate of drug-likeness (QED) is 0.681. The fourth-order valence-corrected chi connectivity index (χ4v) is 2.91. The van der Waals surface area contributed by atoms with Crippen LogP contribution >= 0.6 is 43.5 Å². The van der Waals surface area contributed by atoms with Gasteiger partial charge in [0.05, 0.1) is 20.7 Å². The van der Waals surface area contributed by atoms with Crippen LogP contribution in [-0.4, -0.2) is 5.91 Å². The Hall–Kier alpha value is -1.11. The molecular formula is C13H8Br2ClFN2O. The van der Waals surface area contributed by atoms with Crippen molar-refractivity contribution >= 4 is 60.7 Å². The van der Waals surface area contributed by atoms with Gasteiger partial charge in [-0.15, -0.1) is 0 Å². The summed E-state index contributed by atoms with van der Waals surface area (Å²) in [4.78, 5) is 12.2. The van der Waals surface area contributed by atoms with Gasteiger partial charge < -0.3 is 11.1 Å². The highest BCUT2D eigenvalue weighted by atomic mass is 79.9. The number of nitrogens with two attached hydrogens (primary N) is 1. The van der Waals surface area contributed by atoms with Crippen LogP contribution in [0.15, 0.2) is 39.3 Å². The maximum absolute atomic E-state index is 13.1. The lowest BCUT2D eigenvalue weighted by Crippen LogP contribution is -2.14. The first-order chi connectivity index (χ1) is 9.40. The Labute approximate surface area is 136 Å². The lowest BCUT2D eigenvalue weighted by Gasteiger charge is -2.11. The molecular weight excluding hydrogens is 414 g/mol. The van der Waals surface area contributed by atoms with Crippen molar-refractivity contribution in [2.24, 2.45) is 0 Å². The van der Waals surface area contributed by atoms with Gasteiger partial charge in [-0.3, -0.25) is 4.79 Å². The molecule has 20 heavy (non-hydrogen) atoms. The summed E-state index contributed by atoms with van der Waals surface area (Å²) in [5.41, 5.74) is 6.82. The van der Waals surface area contributed by atoms with Crippen molar-refractivity contribution in [1.82, 2.24) is 0 Å². The van der Waals surface area contributed by atoms with E-state index in [1.807, 2.05) is 0 Å². The second-order valence-electron chi connectivity index (χ2n) is 3.91. The molecule has 0 aromatic heterocycles. The summed E-state index contributed by atoms with van der Waals surface area (Å²) in [7, 11) is 0. The highest BCUT2D eigenvalue weighted by Crippen LogP contribution is 2.33. The largest absolute Gasteiger partial charge is 0.398 e. The minimum Gasteiger partial charge on any atom is -0.398 e. The molecule has 0 fully saturated rings. The van der Waals surface area contributed by atoms with Crippen molar-refractivity contribution in [2.45, 2.75) is 0 Å². The minimum absolute atomic E-state index is 0.102. The Balaban J connectivity index is 2.36. The zero-order chi connectivity index (χ0) is 14.9. The van der Waals surface area contributed by atoms with Gasteiger partial charge >= 0.3 is 0 Å². The van der Waals surface area contributed by atoms with Gasteiger partial charge in [-0.25, -0.2) is 4.39 Å². The third-order valence-corrected chi connectivity index (χ3v) is 4.33. The van der Waals surface area contributed by atoms with Crippen LogP contribution < -0.4 is 11.1 Å². The first kappa shape index (κ1) is 15.3. The van der Waals surface area contributed by atoms with E-state index in [1.165, 1.54) is 6.07 Å². The van der Waals surface area contributed by atoms with E-state index in [4.69, 9.17) is 17.3 Å². The van der Waals surface area contributed by atoms with Crippen LogP contribution in [0.3, 0.4) is 0 Å². The maximum Gasteiger partial charge on any atom is 0.256 e. The molecule has 7 heteroatoms. The summed E-state index contributed by atoms with van der Waals surface area (Å²) in [6, 6.07) is 7.28. The third kappa shape index (κ3) is 3.13. The van der Waals surface area contributed by atoms with Crippen molar-refractivity contribution in [3.63, 3.8) is 0 Å². The smallest absolute Gasteiger partial charge is 0.256 e. The molecule has 0 saturated carbocycles. The van der Waals surface area contributed by atoms with E-state index in [9.17, 15) is 9.18 Å². The van der Waals surface area contributed by atoms with E-state index in [0.29, 0.717) is 25.9 Å². The van der Waals surface area contributed by atoms with Crippen LogP contribution in [0.1, 0.15) is 10.4 Å². The van der Waals surface area contributed by atoms with Gasteiger partial charge in [0, 0.05) is 10.2 Å². The highest BCUT2D eigenvalue weighted by Gasteiger charge is 2.15. The van der Waals surface area contributed by atoms with Crippen molar-refractivity contribution in [1.29, 1.82) is 0 Å². The summed E-state index contributed by atoms with van der Waals surface area (Å²) >= 11 is 12.3. The molecule has 2 rings (SSSR count). The van der Waals surface area contributed by atoms with Crippen molar-refractivity contribution in [2.75, 3.05) is 11.1 Å². The number of rotatable bonds is 2. The van der Waals surface area contributed by atoms with E-state index in [-0.39, 0.29) is 5.02 Å². The number of hydrogen-bond donors (Lipinski definition) is 2. The van der Waals surface area contributed by atoms with Crippen molar-refractivity contribution in [3.05, 3.63) is 55.7 Å². The number of halogens is 4. The van der Waals surface area contributed by atoms with Gasteiger partial charge in [-0.2, -0.15) is 0 Å². The third-order valence-electron chi connectivity index (χ3n) is 2.52. The van der Waals surface area contributed by atoms with Crippen molar-refractivity contribution < 1.29 is 9.18 Å². The number of nitrogens with one attached hydrogen (secondary N) is 1. The predicted octanol–water partition coefficient (Wildman–Crippen LogP) is 4.84. The topological polar surface area (TPSA) is 55.1 Å². The number of nitrogen functional groups attached to an aromatic ring is 1. The number of carbonyl (C=O) groups excluding carboxylic acids is 1.